The first kappa shape index (κ1) is 14.7. The first-order valence-electron chi connectivity index (χ1n) is 7.58. The van der Waals surface area contributed by atoms with Crippen molar-refractivity contribution in [1.29, 1.82) is 0 Å². The smallest absolute Gasteiger partial charge is 0.228 e. The van der Waals surface area contributed by atoms with E-state index in [1.807, 2.05) is 18.5 Å². The number of nitrogens with zero attached hydrogens (tertiary/aromatic N) is 5. The van der Waals surface area contributed by atoms with Gasteiger partial charge in [0.2, 0.25) is 11.8 Å². The van der Waals surface area contributed by atoms with Crippen LogP contribution in [0.15, 0.2) is 36.8 Å². The van der Waals surface area contributed by atoms with E-state index in [9.17, 15) is 0 Å². The zero-order valence-electron chi connectivity index (χ0n) is 12.9. The van der Waals surface area contributed by atoms with Crippen molar-refractivity contribution in [1.82, 2.24) is 19.9 Å². The average molecular weight is 299 g/mol. The second kappa shape index (κ2) is 7.17. The summed E-state index contributed by atoms with van der Waals surface area (Å²) in [5, 5.41) is 0. The van der Waals surface area contributed by atoms with Crippen molar-refractivity contribution < 1.29 is 4.74 Å². The van der Waals surface area contributed by atoms with Crippen molar-refractivity contribution in [2.24, 2.45) is 0 Å². The molecule has 0 unspecified atom stereocenters. The molecule has 0 atom stereocenters. The van der Waals surface area contributed by atoms with Gasteiger partial charge in [0.1, 0.15) is 0 Å². The number of ether oxygens (including phenoxy) is 1. The summed E-state index contributed by atoms with van der Waals surface area (Å²) in [6.07, 6.45) is 6.55. The minimum absolute atomic E-state index is 0.615. The molecule has 2 aromatic rings. The molecule has 116 valence electrons. The number of piperazine rings is 1. The number of aromatic nitrogens is 3. The summed E-state index contributed by atoms with van der Waals surface area (Å²) in [5.74, 6) is 1.37. The highest BCUT2D eigenvalue weighted by Gasteiger charge is 2.19. The van der Waals surface area contributed by atoms with Crippen molar-refractivity contribution in [3.05, 3.63) is 42.4 Å². The minimum Gasteiger partial charge on any atom is -0.481 e. The molecule has 0 bridgehead atoms. The summed E-state index contributed by atoms with van der Waals surface area (Å²) in [4.78, 5) is 17.6. The lowest BCUT2D eigenvalue weighted by Crippen LogP contribution is -2.47. The van der Waals surface area contributed by atoms with Crippen LogP contribution in [0.25, 0.3) is 0 Å². The molecule has 6 heteroatoms. The van der Waals surface area contributed by atoms with Gasteiger partial charge in [-0.1, -0.05) is 6.07 Å². The fraction of sp³-hybridized carbons (Fsp3) is 0.438. The van der Waals surface area contributed by atoms with Gasteiger partial charge in [-0.25, -0.2) is 4.98 Å². The van der Waals surface area contributed by atoms with Crippen LogP contribution in [0, 0.1) is 0 Å². The Hall–Kier alpha value is -2.21. The van der Waals surface area contributed by atoms with Gasteiger partial charge in [-0.05, 0) is 18.1 Å². The Balaban J connectivity index is 1.49. The largest absolute Gasteiger partial charge is 0.481 e. The molecule has 0 spiro atoms. The van der Waals surface area contributed by atoms with Crippen molar-refractivity contribution in [2.45, 2.75) is 6.42 Å². The van der Waals surface area contributed by atoms with E-state index in [4.69, 9.17) is 4.74 Å². The zero-order valence-corrected chi connectivity index (χ0v) is 12.9. The Bertz CT molecular complexity index is 584. The lowest BCUT2D eigenvalue weighted by molar-refractivity contribution is 0.259. The lowest BCUT2D eigenvalue weighted by Gasteiger charge is -2.34. The summed E-state index contributed by atoms with van der Waals surface area (Å²) in [7, 11) is 1.63. The summed E-state index contributed by atoms with van der Waals surface area (Å²) in [6.45, 7) is 5.01. The third kappa shape index (κ3) is 3.71. The number of pyridine rings is 1. The van der Waals surface area contributed by atoms with Gasteiger partial charge in [-0.2, -0.15) is 4.98 Å². The number of hydrogen-bond donors (Lipinski definition) is 0. The number of methoxy groups -OCH3 is 1. The monoisotopic (exact) mass is 299 g/mol. The van der Waals surface area contributed by atoms with E-state index in [0.29, 0.717) is 5.88 Å². The molecule has 0 aliphatic carbocycles. The molecule has 6 nitrogen and oxygen atoms in total. The normalized spacial score (nSPS) is 15.8. The maximum absolute atomic E-state index is 5.16. The van der Waals surface area contributed by atoms with Gasteiger partial charge in [0.25, 0.3) is 0 Å². The van der Waals surface area contributed by atoms with Crippen molar-refractivity contribution in [3.8, 4) is 5.88 Å². The molecule has 0 radical (unpaired) electrons. The third-order valence-corrected chi connectivity index (χ3v) is 3.92. The predicted molar refractivity (Wildman–Crippen MR) is 85.2 cm³/mol. The zero-order chi connectivity index (χ0) is 15.2. The second-order valence-corrected chi connectivity index (χ2v) is 5.34. The van der Waals surface area contributed by atoms with E-state index >= 15 is 0 Å². The molecule has 0 N–H and O–H groups in total. The van der Waals surface area contributed by atoms with Crippen LogP contribution in [-0.2, 0) is 6.42 Å². The van der Waals surface area contributed by atoms with Crippen LogP contribution < -0.4 is 9.64 Å². The predicted octanol–water partition coefficient (Wildman–Crippen LogP) is 1.24. The van der Waals surface area contributed by atoms with E-state index in [-0.39, 0.29) is 0 Å². The molecule has 1 aliphatic rings. The van der Waals surface area contributed by atoms with Gasteiger partial charge < -0.3 is 9.64 Å². The fourth-order valence-corrected chi connectivity index (χ4v) is 2.60. The highest BCUT2D eigenvalue weighted by atomic mass is 16.5. The Labute approximate surface area is 130 Å². The number of rotatable bonds is 5. The third-order valence-electron chi connectivity index (χ3n) is 3.92. The van der Waals surface area contributed by atoms with Crippen LogP contribution in [0.2, 0.25) is 0 Å². The molecule has 22 heavy (non-hydrogen) atoms. The second-order valence-electron chi connectivity index (χ2n) is 5.34. The molecule has 3 heterocycles. The fourth-order valence-electron chi connectivity index (χ4n) is 2.60. The molecule has 0 amide bonds. The standard InChI is InChI=1S/C16H21N5O/c1-22-15-4-7-18-16(19-15)21-11-9-20(10-12-21)8-5-14-3-2-6-17-13-14/h2-4,6-7,13H,5,8-12H2,1H3. The van der Waals surface area contributed by atoms with E-state index in [1.54, 1.807) is 19.4 Å². The van der Waals surface area contributed by atoms with E-state index in [2.05, 4.69) is 30.8 Å². The van der Waals surface area contributed by atoms with Gasteiger partial charge in [0.15, 0.2) is 0 Å². The topological polar surface area (TPSA) is 54.4 Å². The molecule has 1 aliphatic heterocycles. The molecule has 1 saturated heterocycles. The number of hydrogen-bond acceptors (Lipinski definition) is 6. The van der Waals surface area contributed by atoms with E-state index in [1.165, 1.54) is 5.56 Å². The van der Waals surface area contributed by atoms with Gasteiger partial charge in [0, 0.05) is 57.4 Å². The van der Waals surface area contributed by atoms with Gasteiger partial charge >= 0.3 is 0 Å². The van der Waals surface area contributed by atoms with Crippen LogP contribution in [0.1, 0.15) is 5.56 Å². The van der Waals surface area contributed by atoms with E-state index < -0.39 is 0 Å². The minimum atomic E-state index is 0.615. The Morgan fingerprint density at radius 2 is 2.00 bits per heavy atom. The van der Waals surface area contributed by atoms with Crippen LogP contribution in [0.3, 0.4) is 0 Å². The number of anilines is 1. The Morgan fingerprint density at radius 1 is 1.14 bits per heavy atom. The van der Waals surface area contributed by atoms with Crippen molar-refractivity contribution in [2.75, 3.05) is 44.7 Å². The van der Waals surface area contributed by atoms with Crippen LogP contribution >= 0.6 is 0 Å². The highest BCUT2D eigenvalue weighted by molar-refractivity contribution is 5.32. The summed E-state index contributed by atoms with van der Waals surface area (Å²) >= 11 is 0. The van der Waals surface area contributed by atoms with Crippen molar-refractivity contribution >= 4 is 5.95 Å². The molecule has 3 rings (SSSR count). The Kier molecular flexibility index (Phi) is 4.80. The summed E-state index contributed by atoms with van der Waals surface area (Å²) in [5.41, 5.74) is 1.29. The first-order chi connectivity index (χ1) is 10.8. The van der Waals surface area contributed by atoms with Gasteiger partial charge in [-0.15, -0.1) is 0 Å². The summed E-state index contributed by atoms with van der Waals surface area (Å²) < 4.78 is 5.16. The maximum Gasteiger partial charge on any atom is 0.228 e. The maximum atomic E-state index is 5.16. The molecular weight excluding hydrogens is 278 g/mol. The molecular formula is C16H21N5O. The van der Waals surface area contributed by atoms with Gasteiger partial charge in [0.05, 0.1) is 7.11 Å². The van der Waals surface area contributed by atoms with Crippen molar-refractivity contribution in [3.63, 3.8) is 0 Å². The highest BCUT2D eigenvalue weighted by Crippen LogP contribution is 2.14. The quantitative estimate of drug-likeness (QED) is 0.828. The van der Waals surface area contributed by atoms with E-state index in [0.717, 1.165) is 45.1 Å². The molecule has 2 aromatic heterocycles. The average Bonchev–Trinajstić information content (AvgIpc) is 2.61. The van der Waals surface area contributed by atoms with Crippen LogP contribution in [0.4, 0.5) is 5.95 Å². The van der Waals surface area contributed by atoms with Gasteiger partial charge in [-0.3, -0.25) is 9.88 Å². The molecule has 1 fully saturated rings. The SMILES string of the molecule is COc1ccnc(N2CCN(CCc3cccnc3)CC2)n1. The lowest BCUT2D eigenvalue weighted by atomic mass is 10.2. The van der Waals surface area contributed by atoms with Crippen LogP contribution in [-0.4, -0.2) is 59.7 Å². The first-order valence-corrected chi connectivity index (χ1v) is 7.58. The molecule has 0 saturated carbocycles. The van der Waals surface area contributed by atoms with Crippen LogP contribution in [0.5, 0.6) is 5.88 Å². The molecule has 0 aromatic carbocycles. The Morgan fingerprint density at radius 3 is 2.73 bits per heavy atom. The summed E-state index contributed by atoms with van der Waals surface area (Å²) in [6, 6.07) is 5.90.